The minimum Gasteiger partial charge on any atom is -0.394 e. The van der Waals surface area contributed by atoms with Crippen LogP contribution < -0.4 is 5.73 Å². The molecule has 7 nitrogen and oxygen atoms in total. The van der Waals surface area contributed by atoms with Gasteiger partial charge in [-0.2, -0.15) is 5.10 Å². The van der Waals surface area contributed by atoms with Gasteiger partial charge in [-0.1, -0.05) is 17.7 Å². The molecule has 0 saturated carbocycles. The molecule has 0 aliphatic carbocycles. The van der Waals surface area contributed by atoms with Crippen LogP contribution in [-0.4, -0.2) is 26.4 Å². The summed E-state index contributed by atoms with van der Waals surface area (Å²) in [4.78, 5) is 10.5. The number of benzene rings is 1. The van der Waals surface area contributed by atoms with Gasteiger partial charge in [-0.25, -0.2) is 4.68 Å². The van der Waals surface area contributed by atoms with Gasteiger partial charge >= 0.3 is 0 Å². The second kappa shape index (κ2) is 5.25. The van der Waals surface area contributed by atoms with Crippen LogP contribution in [0.4, 0.5) is 11.5 Å². The maximum absolute atomic E-state index is 11.0. The van der Waals surface area contributed by atoms with E-state index in [4.69, 9.17) is 22.4 Å². The van der Waals surface area contributed by atoms with E-state index >= 15 is 0 Å². The molecule has 1 aromatic carbocycles. The molecule has 2 rings (SSSR count). The largest absolute Gasteiger partial charge is 0.394 e. The fraction of sp³-hybridized carbons (Fsp3) is 0.182. The summed E-state index contributed by atoms with van der Waals surface area (Å²) < 4.78 is 1.36. The third kappa shape index (κ3) is 2.51. The molecule has 8 heteroatoms. The van der Waals surface area contributed by atoms with Gasteiger partial charge in [-0.15, -0.1) is 0 Å². The summed E-state index contributed by atoms with van der Waals surface area (Å²) >= 11 is 6.00. The number of nitro groups is 1. The van der Waals surface area contributed by atoms with Crippen molar-refractivity contribution in [1.29, 1.82) is 0 Å². The van der Waals surface area contributed by atoms with E-state index in [2.05, 4.69) is 5.10 Å². The Morgan fingerprint density at radius 2 is 2.26 bits per heavy atom. The van der Waals surface area contributed by atoms with Crippen molar-refractivity contribution in [3.63, 3.8) is 0 Å². The molecular weight excluding hydrogens is 272 g/mol. The Morgan fingerprint density at radius 3 is 2.89 bits per heavy atom. The molecule has 1 aromatic heterocycles. The molecule has 0 saturated heterocycles. The molecule has 0 bridgehead atoms. The maximum atomic E-state index is 11.0. The number of hydrogen-bond donors (Lipinski definition) is 2. The SMILES string of the molecule is Nc1cc(-c2c(Cl)cccc2[N+](=O)[O-])nn1CCO. The standard InChI is InChI=1S/C11H11ClN4O3/c12-7-2-1-3-9(16(18)19)11(7)8-6-10(13)15(14-8)4-5-17/h1-3,6,17H,4-5,13H2. The van der Waals surface area contributed by atoms with E-state index in [9.17, 15) is 10.1 Å². The molecule has 0 spiro atoms. The third-order valence-electron chi connectivity index (χ3n) is 2.57. The van der Waals surface area contributed by atoms with Crippen LogP contribution in [0.5, 0.6) is 0 Å². The lowest BCUT2D eigenvalue weighted by Gasteiger charge is -2.02. The van der Waals surface area contributed by atoms with E-state index in [0.29, 0.717) is 11.5 Å². The lowest BCUT2D eigenvalue weighted by atomic mass is 10.1. The van der Waals surface area contributed by atoms with Crippen LogP contribution in [0.25, 0.3) is 11.3 Å². The molecule has 100 valence electrons. The Kier molecular flexibility index (Phi) is 3.68. The second-order valence-corrected chi connectivity index (χ2v) is 4.20. The summed E-state index contributed by atoms with van der Waals surface area (Å²) in [6.45, 7) is 0.0834. The molecule has 19 heavy (non-hydrogen) atoms. The van der Waals surface area contributed by atoms with Gasteiger partial charge in [0.2, 0.25) is 0 Å². The van der Waals surface area contributed by atoms with Gasteiger partial charge in [0.25, 0.3) is 5.69 Å². The van der Waals surface area contributed by atoms with Crippen LogP contribution in [0.3, 0.4) is 0 Å². The predicted molar refractivity (Wildman–Crippen MR) is 70.8 cm³/mol. The van der Waals surface area contributed by atoms with E-state index in [1.165, 1.54) is 22.9 Å². The van der Waals surface area contributed by atoms with Gasteiger partial charge < -0.3 is 10.8 Å². The Labute approximate surface area is 113 Å². The fourth-order valence-corrected chi connectivity index (χ4v) is 2.01. The number of halogens is 1. The minimum absolute atomic E-state index is 0.129. The van der Waals surface area contributed by atoms with E-state index in [1.807, 2.05) is 0 Å². The van der Waals surface area contributed by atoms with Gasteiger partial charge in [0.1, 0.15) is 11.5 Å². The van der Waals surface area contributed by atoms with E-state index in [0.717, 1.165) is 0 Å². The van der Waals surface area contributed by atoms with Crippen molar-refractivity contribution in [2.24, 2.45) is 0 Å². The average molecular weight is 283 g/mol. The molecule has 0 fully saturated rings. The molecule has 0 aliphatic rings. The first-order valence-electron chi connectivity index (χ1n) is 5.42. The van der Waals surface area contributed by atoms with Crippen LogP contribution in [0.15, 0.2) is 24.3 Å². The van der Waals surface area contributed by atoms with Crippen molar-refractivity contribution < 1.29 is 10.0 Å². The molecule has 0 aliphatic heterocycles. The summed E-state index contributed by atoms with van der Waals surface area (Å²) in [5.41, 5.74) is 6.11. The monoisotopic (exact) mass is 282 g/mol. The Balaban J connectivity index is 2.58. The molecule has 0 atom stereocenters. The fourth-order valence-electron chi connectivity index (χ4n) is 1.75. The number of nitrogens with zero attached hydrogens (tertiary/aromatic N) is 3. The zero-order valence-corrected chi connectivity index (χ0v) is 10.5. The Hall–Kier alpha value is -2.12. The van der Waals surface area contributed by atoms with Crippen molar-refractivity contribution in [2.75, 3.05) is 12.3 Å². The van der Waals surface area contributed by atoms with Gasteiger partial charge in [-0.05, 0) is 6.07 Å². The summed E-state index contributed by atoms with van der Waals surface area (Å²) in [6.07, 6.45) is 0. The number of aliphatic hydroxyl groups is 1. The Morgan fingerprint density at radius 1 is 1.53 bits per heavy atom. The average Bonchev–Trinajstić information content (AvgIpc) is 2.70. The van der Waals surface area contributed by atoms with E-state index < -0.39 is 4.92 Å². The van der Waals surface area contributed by atoms with Crippen molar-refractivity contribution in [3.05, 3.63) is 39.4 Å². The highest BCUT2D eigenvalue weighted by molar-refractivity contribution is 6.33. The smallest absolute Gasteiger partial charge is 0.280 e. The number of nitrogens with two attached hydrogens (primary N) is 1. The number of aromatic nitrogens is 2. The number of anilines is 1. The van der Waals surface area contributed by atoms with Crippen molar-refractivity contribution >= 4 is 23.1 Å². The zero-order chi connectivity index (χ0) is 14.0. The topological polar surface area (TPSA) is 107 Å². The molecule has 1 heterocycles. The quantitative estimate of drug-likeness (QED) is 0.655. The first-order valence-corrected chi connectivity index (χ1v) is 5.80. The first-order chi connectivity index (χ1) is 9.04. The minimum atomic E-state index is -0.525. The van der Waals surface area contributed by atoms with Crippen molar-refractivity contribution in [1.82, 2.24) is 9.78 Å². The summed E-state index contributed by atoms with van der Waals surface area (Å²) in [5, 5.41) is 24.2. The molecule has 0 amide bonds. The predicted octanol–water partition coefficient (Wildman–Crippen LogP) is 1.69. The maximum Gasteiger partial charge on any atom is 0.280 e. The highest BCUT2D eigenvalue weighted by atomic mass is 35.5. The number of nitrogen functional groups attached to an aromatic ring is 1. The van der Waals surface area contributed by atoms with E-state index in [-0.39, 0.29) is 29.4 Å². The molecule has 0 radical (unpaired) electrons. The third-order valence-corrected chi connectivity index (χ3v) is 2.88. The lowest BCUT2D eigenvalue weighted by Crippen LogP contribution is -2.07. The highest BCUT2D eigenvalue weighted by Gasteiger charge is 2.21. The molecule has 2 aromatic rings. The highest BCUT2D eigenvalue weighted by Crippen LogP contribution is 2.35. The van der Waals surface area contributed by atoms with Gasteiger partial charge in [0, 0.05) is 12.1 Å². The summed E-state index contributed by atoms with van der Waals surface area (Å²) in [5.74, 6) is 0.304. The van der Waals surface area contributed by atoms with Crippen LogP contribution in [-0.2, 0) is 6.54 Å². The van der Waals surface area contributed by atoms with Crippen LogP contribution in [0.1, 0.15) is 0 Å². The number of hydrogen-bond acceptors (Lipinski definition) is 5. The lowest BCUT2D eigenvalue weighted by molar-refractivity contribution is -0.384. The van der Waals surface area contributed by atoms with Gasteiger partial charge in [0.05, 0.1) is 28.7 Å². The molecule has 0 unspecified atom stereocenters. The van der Waals surface area contributed by atoms with Crippen molar-refractivity contribution in [2.45, 2.75) is 6.54 Å². The van der Waals surface area contributed by atoms with Crippen LogP contribution in [0.2, 0.25) is 5.02 Å². The first kappa shape index (κ1) is 13.3. The van der Waals surface area contributed by atoms with Crippen molar-refractivity contribution in [3.8, 4) is 11.3 Å². The summed E-state index contributed by atoms with van der Waals surface area (Å²) in [6, 6.07) is 5.88. The number of aliphatic hydroxyl groups excluding tert-OH is 1. The van der Waals surface area contributed by atoms with Gasteiger partial charge in [0.15, 0.2) is 0 Å². The van der Waals surface area contributed by atoms with Gasteiger partial charge in [-0.3, -0.25) is 10.1 Å². The van der Waals surface area contributed by atoms with Crippen LogP contribution in [0, 0.1) is 10.1 Å². The van der Waals surface area contributed by atoms with E-state index in [1.54, 1.807) is 6.07 Å². The molecule has 3 N–H and O–H groups in total. The second-order valence-electron chi connectivity index (χ2n) is 3.79. The Bertz CT molecular complexity index is 626. The normalized spacial score (nSPS) is 10.6. The summed E-state index contributed by atoms with van der Waals surface area (Å²) in [7, 11) is 0. The number of nitro benzene ring substituents is 1. The molecular formula is C11H11ClN4O3. The van der Waals surface area contributed by atoms with Crippen LogP contribution >= 0.6 is 11.6 Å². The number of rotatable bonds is 4. The zero-order valence-electron chi connectivity index (χ0n) is 9.78.